The number of nitrogens with zero attached hydrogens (tertiary/aromatic N) is 3. The van der Waals surface area contributed by atoms with Gasteiger partial charge in [-0.05, 0) is 31.7 Å². The summed E-state index contributed by atoms with van der Waals surface area (Å²) in [4.78, 5) is 16.0. The van der Waals surface area contributed by atoms with Gasteiger partial charge in [-0.15, -0.1) is 10.2 Å². The van der Waals surface area contributed by atoms with Crippen molar-refractivity contribution in [3.05, 3.63) is 41.3 Å². The standard InChI is InChI=1S/C19H22N4OS/c1-3-12-6-5-7-14-15(10-20-17(12)14)16(24)11-25-19-22-21-18(13-8-9-13)23(19)4-2/h5-7,10,13,20H,3-4,8-9,11H2,1-2H3. The Morgan fingerprint density at radius 3 is 2.88 bits per heavy atom. The summed E-state index contributed by atoms with van der Waals surface area (Å²) >= 11 is 1.49. The number of aryl methyl sites for hydroxylation is 1. The molecule has 3 aromatic rings. The molecule has 1 N–H and O–H groups in total. The normalized spacial score (nSPS) is 14.3. The lowest BCUT2D eigenvalue weighted by Crippen LogP contribution is -2.05. The van der Waals surface area contributed by atoms with E-state index in [9.17, 15) is 4.79 Å². The van der Waals surface area contributed by atoms with Gasteiger partial charge >= 0.3 is 0 Å². The number of carbonyl (C=O) groups is 1. The maximum atomic E-state index is 12.7. The molecular formula is C19H22N4OS. The largest absolute Gasteiger partial charge is 0.360 e. The summed E-state index contributed by atoms with van der Waals surface area (Å²) < 4.78 is 2.15. The van der Waals surface area contributed by atoms with Crippen molar-refractivity contribution in [2.75, 3.05) is 5.75 Å². The molecule has 0 unspecified atom stereocenters. The minimum Gasteiger partial charge on any atom is -0.360 e. The van der Waals surface area contributed by atoms with Gasteiger partial charge in [0.2, 0.25) is 0 Å². The van der Waals surface area contributed by atoms with E-state index in [0.717, 1.165) is 40.4 Å². The number of Topliss-reactive ketones (excluding diaryl/α,β-unsaturated/α-hetero) is 1. The van der Waals surface area contributed by atoms with Crippen molar-refractivity contribution < 1.29 is 4.79 Å². The Labute approximate surface area is 151 Å². The Bertz CT molecular complexity index is 923. The number of carbonyl (C=O) groups excluding carboxylic acids is 1. The third-order valence-electron chi connectivity index (χ3n) is 4.82. The Morgan fingerprint density at radius 2 is 2.16 bits per heavy atom. The van der Waals surface area contributed by atoms with Crippen LogP contribution in [0.4, 0.5) is 0 Å². The second-order valence-corrected chi connectivity index (χ2v) is 7.41. The Kier molecular flexibility index (Phi) is 4.37. The highest BCUT2D eigenvalue weighted by Crippen LogP contribution is 2.40. The topological polar surface area (TPSA) is 63.6 Å². The van der Waals surface area contributed by atoms with Crippen LogP contribution in [0.3, 0.4) is 0 Å². The quantitative estimate of drug-likeness (QED) is 0.510. The lowest BCUT2D eigenvalue weighted by atomic mass is 10.1. The van der Waals surface area contributed by atoms with E-state index in [1.165, 1.54) is 30.2 Å². The monoisotopic (exact) mass is 354 g/mol. The molecule has 2 aromatic heterocycles. The van der Waals surface area contributed by atoms with E-state index in [2.05, 4.69) is 39.7 Å². The highest BCUT2D eigenvalue weighted by Gasteiger charge is 2.30. The molecular weight excluding hydrogens is 332 g/mol. The number of hydrogen-bond donors (Lipinski definition) is 1. The van der Waals surface area contributed by atoms with E-state index in [4.69, 9.17) is 0 Å². The van der Waals surface area contributed by atoms with Crippen LogP contribution in [0.2, 0.25) is 0 Å². The van der Waals surface area contributed by atoms with Crippen LogP contribution in [0, 0.1) is 0 Å². The van der Waals surface area contributed by atoms with Crippen LogP contribution in [-0.4, -0.2) is 31.3 Å². The van der Waals surface area contributed by atoms with Crippen molar-refractivity contribution in [3.63, 3.8) is 0 Å². The molecule has 4 rings (SSSR count). The molecule has 0 bridgehead atoms. The summed E-state index contributed by atoms with van der Waals surface area (Å²) in [6, 6.07) is 6.14. The molecule has 2 heterocycles. The molecule has 1 aromatic carbocycles. The molecule has 25 heavy (non-hydrogen) atoms. The summed E-state index contributed by atoms with van der Waals surface area (Å²) in [5, 5.41) is 10.5. The van der Waals surface area contributed by atoms with Gasteiger partial charge in [-0.25, -0.2) is 0 Å². The fraction of sp³-hybridized carbons (Fsp3) is 0.421. The lowest BCUT2D eigenvalue weighted by molar-refractivity contribution is 0.102. The minimum atomic E-state index is 0.128. The number of para-hydroxylation sites is 1. The maximum Gasteiger partial charge on any atom is 0.191 e. The molecule has 1 aliphatic carbocycles. The van der Waals surface area contributed by atoms with Crippen molar-refractivity contribution in [3.8, 4) is 0 Å². The summed E-state index contributed by atoms with van der Waals surface area (Å²) in [6.45, 7) is 5.08. The summed E-state index contributed by atoms with van der Waals surface area (Å²) in [7, 11) is 0. The number of nitrogens with one attached hydrogen (secondary N) is 1. The van der Waals surface area contributed by atoms with Gasteiger partial charge in [0.25, 0.3) is 0 Å². The summed E-state index contributed by atoms with van der Waals surface area (Å²) in [6.07, 6.45) is 5.20. The molecule has 130 valence electrons. The van der Waals surface area contributed by atoms with Crippen molar-refractivity contribution in [1.82, 2.24) is 19.7 Å². The summed E-state index contributed by atoms with van der Waals surface area (Å²) in [5.74, 6) is 2.16. The molecule has 0 saturated heterocycles. The molecule has 0 spiro atoms. The zero-order chi connectivity index (χ0) is 17.4. The molecule has 1 saturated carbocycles. The third-order valence-corrected chi connectivity index (χ3v) is 5.79. The number of ketones is 1. The smallest absolute Gasteiger partial charge is 0.191 e. The highest BCUT2D eigenvalue weighted by molar-refractivity contribution is 7.99. The maximum absolute atomic E-state index is 12.7. The van der Waals surface area contributed by atoms with Crippen molar-refractivity contribution >= 4 is 28.4 Å². The van der Waals surface area contributed by atoms with Gasteiger partial charge in [-0.2, -0.15) is 0 Å². The van der Waals surface area contributed by atoms with E-state index in [-0.39, 0.29) is 5.78 Å². The Hall–Kier alpha value is -2.08. The first-order valence-electron chi connectivity index (χ1n) is 8.91. The Morgan fingerprint density at radius 1 is 1.32 bits per heavy atom. The number of aromatic amines is 1. The minimum absolute atomic E-state index is 0.128. The molecule has 0 radical (unpaired) electrons. The van der Waals surface area contributed by atoms with Gasteiger partial charge in [0.1, 0.15) is 5.82 Å². The van der Waals surface area contributed by atoms with Crippen LogP contribution in [0.25, 0.3) is 10.9 Å². The van der Waals surface area contributed by atoms with Gasteiger partial charge in [0.15, 0.2) is 10.9 Å². The van der Waals surface area contributed by atoms with E-state index < -0.39 is 0 Å². The molecule has 5 nitrogen and oxygen atoms in total. The Balaban J connectivity index is 1.53. The average Bonchev–Trinajstić information content (AvgIpc) is 3.25. The molecule has 6 heteroatoms. The van der Waals surface area contributed by atoms with Gasteiger partial charge < -0.3 is 9.55 Å². The first-order chi connectivity index (χ1) is 12.2. The van der Waals surface area contributed by atoms with Crippen molar-refractivity contribution in [1.29, 1.82) is 0 Å². The average molecular weight is 354 g/mol. The number of hydrogen-bond acceptors (Lipinski definition) is 4. The first-order valence-corrected chi connectivity index (χ1v) is 9.89. The van der Waals surface area contributed by atoms with Crippen LogP contribution >= 0.6 is 11.8 Å². The first kappa shape index (κ1) is 16.4. The third kappa shape index (κ3) is 2.99. The number of H-pyrrole nitrogens is 1. The van der Waals surface area contributed by atoms with Gasteiger partial charge in [0, 0.05) is 35.1 Å². The number of aromatic nitrogens is 4. The van der Waals surface area contributed by atoms with Crippen LogP contribution in [0.1, 0.15) is 54.4 Å². The van der Waals surface area contributed by atoms with Crippen molar-refractivity contribution in [2.24, 2.45) is 0 Å². The zero-order valence-corrected chi connectivity index (χ0v) is 15.4. The van der Waals surface area contributed by atoms with Gasteiger partial charge in [0.05, 0.1) is 5.75 Å². The van der Waals surface area contributed by atoms with Crippen LogP contribution < -0.4 is 0 Å². The van der Waals surface area contributed by atoms with Crippen LogP contribution in [-0.2, 0) is 13.0 Å². The SMILES string of the molecule is CCc1cccc2c(C(=O)CSc3nnc(C4CC4)n3CC)c[nH]c12. The van der Waals surface area contributed by atoms with Gasteiger partial charge in [-0.1, -0.05) is 36.9 Å². The van der Waals surface area contributed by atoms with E-state index in [1.54, 1.807) is 0 Å². The fourth-order valence-corrected chi connectivity index (χ4v) is 4.19. The van der Waals surface area contributed by atoms with Crippen LogP contribution in [0.15, 0.2) is 29.6 Å². The van der Waals surface area contributed by atoms with Crippen molar-refractivity contribution in [2.45, 2.75) is 50.7 Å². The number of rotatable bonds is 7. The van der Waals surface area contributed by atoms with Crippen LogP contribution in [0.5, 0.6) is 0 Å². The lowest BCUT2D eigenvalue weighted by Gasteiger charge is -2.06. The van der Waals surface area contributed by atoms with E-state index in [1.807, 2.05) is 18.3 Å². The highest BCUT2D eigenvalue weighted by atomic mass is 32.2. The molecule has 0 aliphatic heterocycles. The number of fused-ring (bicyclic) bond motifs is 1. The predicted molar refractivity (Wildman–Crippen MR) is 100 cm³/mol. The molecule has 0 atom stereocenters. The number of benzene rings is 1. The molecule has 1 fully saturated rings. The zero-order valence-electron chi connectivity index (χ0n) is 14.6. The van der Waals surface area contributed by atoms with E-state index >= 15 is 0 Å². The van der Waals surface area contributed by atoms with E-state index in [0.29, 0.717) is 11.7 Å². The van der Waals surface area contributed by atoms with Gasteiger partial charge in [-0.3, -0.25) is 4.79 Å². The second kappa shape index (κ2) is 6.67. The second-order valence-electron chi connectivity index (χ2n) is 6.47. The summed E-state index contributed by atoms with van der Waals surface area (Å²) in [5.41, 5.74) is 3.08. The molecule has 1 aliphatic rings. The fourth-order valence-electron chi connectivity index (χ4n) is 3.30. The molecule has 0 amide bonds. The predicted octanol–water partition coefficient (Wildman–Crippen LogP) is 4.19. The number of thioether (sulfide) groups is 1.